The summed E-state index contributed by atoms with van der Waals surface area (Å²) in [6, 6.07) is 9.60. The molecule has 0 spiro atoms. The molecule has 2 unspecified atom stereocenters. The molecule has 0 fully saturated rings. The van der Waals surface area contributed by atoms with Crippen molar-refractivity contribution in [3.05, 3.63) is 34.3 Å². The average Bonchev–Trinajstić information content (AvgIpc) is 2.84. The second-order valence-corrected chi connectivity index (χ2v) is 6.66. The highest BCUT2D eigenvalue weighted by molar-refractivity contribution is 9.10. The molecule has 0 aliphatic carbocycles. The Balaban J connectivity index is 2.06. The van der Waals surface area contributed by atoms with Gasteiger partial charge in [-0.3, -0.25) is 0 Å². The summed E-state index contributed by atoms with van der Waals surface area (Å²) in [7, 11) is 0. The van der Waals surface area contributed by atoms with Gasteiger partial charge in [0.05, 0.1) is 10.5 Å². The first-order valence-electron chi connectivity index (χ1n) is 7.75. The molecule has 1 N–H and O–H groups in total. The van der Waals surface area contributed by atoms with E-state index in [0.29, 0.717) is 12.1 Å². The minimum absolute atomic E-state index is 0.488. The van der Waals surface area contributed by atoms with Crippen LogP contribution in [0, 0.1) is 6.92 Å². The summed E-state index contributed by atoms with van der Waals surface area (Å²) in [5, 5.41) is 8.51. The fraction of sp³-hybridized carbons (Fsp3) is 0.471. The number of aromatic nitrogens is 2. The van der Waals surface area contributed by atoms with Crippen LogP contribution < -0.4 is 5.32 Å². The van der Waals surface area contributed by atoms with Crippen molar-refractivity contribution in [1.29, 1.82) is 0 Å². The van der Waals surface area contributed by atoms with Crippen molar-refractivity contribution < 1.29 is 0 Å². The highest BCUT2D eigenvalue weighted by Gasteiger charge is 2.29. The second kappa shape index (κ2) is 5.84. The van der Waals surface area contributed by atoms with Gasteiger partial charge in [-0.1, -0.05) is 43.7 Å². The molecular weight excluding hydrogens is 326 g/mol. The molecule has 112 valence electrons. The lowest BCUT2D eigenvalue weighted by atomic mass is 10.0. The molecule has 3 rings (SSSR count). The number of hydrogen-bond acceptors (Lipinski definition) is 2. The Morgan fingerprint density at radius 3 is 2.57 bits per heavy atom. The maximum Gasteiger partial charge on any atom is 0.139 e. The number of aryl methyl sites for hydroxylation is 1. The first kappa shape index (κ1) is 14.6. The van der Waals surface area contributed by atoms with E-state index in [1.807, 2.05) is 0 Å². The molecule has 0 amide bonds. The lowest BCUT2D eigenvalue weighted by Crippen LogP contribution is -2.31. The van der Waals surface area contributed by atoms with Crippen LogP contribution in [-0.2, 0) is 0 Å². The van der Waals surface area contributed by atoms with E-state index in [-0.39, 0.29) is 0 Å². The van der Waals surface area contributed by atoms with Crippen molar-refractivity contribution in [3.8, 4) is 11.3 Å². The monoisotopic (exact) mass is 347 g/mol. The summed E-state index contributed by atoms with van der Waals surface area (Å²) in [6.45, 7) is 6.59. The molecule has 1 aliphatic rings. The lowest BCUT2D eigenvalue weighted by molar-refractivity contribution is 0.363. The SMILES string of the molecule is CCC1CC(CC)n2nc(-c3ccc(C)cc3)c(Br)c2N1. The Morgan fingerprint density at radius 1 is 1.24 bits per heavy atom. The second-order valence-electron chi connectivity index (χ2n) is 5.87. The molecule has 2 heterocycles. The topological polar surface area (TPSA) is 29.9 Å². The van der Waals surface area contributed by atoms with Gasteiger partial charge in [0.1, 0.15) is 11.5 Å². The summed E-state index contributed by atoms with van der Waals surface area (Å²) >= 11 is 3.76. The average molecular weight is 348 g/mol. The third kappa shape index (κ3) is 2.61. The zero-order valence-electron chi connectivity index (χ0n) is 12.9. The van der Waals surface area contributed by atoms with E-state index in [2.05, 4.69) is 71.0 Å². The van der Waals surface area contributed by atoms with Crippen LogP contribution in [0.25, 0.3) is 11.3 Å². The maximum absolute atomic E-state index is 4.88. The van der Waals surface area contributed by atoms with Crippen LogP contribution >= 0.6 is 15.9 Å². The van der Waals surface area contributed by atoms with Gasteiger partial charge in [-0.25, -0.2) is 4.68 Å². The number of fused-ring (bicyclic) bond motifs is 1. The van der Waals surface area contributed by atoms with Crippen LogP contribution in [0.5, 0.6) is 0 Å². The summed E-state index contributed by atoms with van der Waals surface area (Å²) < 4.78 is 3.26. The first-order chi connectivity index (χ1) is 10.1. The van der Waals surface area contributed by atoms with E-state index < -0.39 is 0 Å². The number of benzene rings is 1. The summed E-state index contributed by atoms with van der Waals surface area (Å²) in [5.74, 6) is 1.13. The van der Waals surface area contributed by atoms with Crippen molar-refractivity contribution in [2.75, 3.05) is 5.32 Å². The molecule has 0 saturated carbocycles. The smallest absolute Gasteiger partial charge is 0.139 e. The molecule has 4 heteroatoms. The number of nitrogens with zero attached hydrogens (tertiary/aromatic N) is 2. The number of halogens is 1. The van der Waals surface area contributed by atoms with Gasteiger partial charge in [-0.05, 0) is 42.1 Å². The quantitative estimate of drug-likeness (QED) is 0.830. The number of nitrogens with one attached hydrogen (secondary N) is 1. The van der Waals surface area contributed by atoms with Crippen molar-refractivity contribution in [1.82, 2.24) is 9.78 Å². The predicted molar refractivity (Wildman–Crippen MR) is 91.7 cm³/mol. The zero-order chi connectivity index (χ0) is 15.0. The summed E-state index contributed by atoms with van der Waals surface area (Å²) in [4.78, 5) is 0. The Bertz CT molecular complexity index is 630. The Labute approximate surface area is 134 Å². The van der Waals surface area contributed by atoms with Gasteiger partial charge in [0.15, 0.2) is 0 Å². The fourth-order valence-corrected chi connectivity index (χ4v) is 3.60. The van der Waals surface area contributed by atoms with Crippen LogP contribution in [0.4, 0.5) is 5.82 Å². The molecule has 1 aromatic heterocycles. The van der Waals surface area contributed by atoms with E-state index in [4.69, 9.17) is 5.10 Å². The van der Waals surface area contributed by atoms with Crippen molar-refractivity contribution in [3.63, 3.8) is 0 Å². The fourth-order valence-electron chi connectivity index (χ4n) is 2.99. The van der Waals surface area contributed by atoms with Gasteiger partial charge < -0.3 is 5.32 Å². The van der Waals surface area contributed by atoms with E-state index in [1.165, 1.54) is 11.1 Å². The third-order valence-electron chi connectivity index (χ3n) is 4.39. The minimum atomic E-state index is 0.488. The van der Waals surface area contributed by atoms with E-state index >= 15 is 0 Å². The van der Waals surface area contributed by atoms with Gasteiger partial charge in [0.25, 0.3) is 0 Å². The van der Waals surface area contributed by atoms with Crippen LogP contribution in [-0.4, -0.2) is 15.8 Å². The molecule has 21 heavy (non-hydrogen) atoms. The molecule has 0 bridgehead atoms. The molecule has 1 aliphatic heterocycles. The Morgan fingerprint density at radius 2 is 1.95 bits per heavy atom. The predicted octanol–water partition coefficient (Wildman–Crippen LogP) is 5.17. The van der Waals surface area contributed by atoms with E-state index in [9.17, 15) is 0 Å². The van der Waals surface area contributed by atoms with Gasteiger partial charge in [0.2, 0.25) is 0 Å². The van der Waals surface area contributed by atoms with Crippen LogP contribution in [0.1, 0.15) is 44.7 Å². The van der Waals surface area contributed by atoms with Crippen molar-refractivity contribution >= 4 is 21.7 Å². The first-order valence-corrected chi connectivity index (χ1v) is 8.54. The Kier molecular flexibility index (Phi) is 4.07. The van der Waals surface area contributed by atoms with Crippen molar-refractivity contribution in [2.45, 2.75) is 52.1 Å². The largest absolute Gasteiger partial charge is 0.367 e. The highest BCUT2D eigenvalue weighted by Crippen LogP contribution is 2.40. The van der Waals surface area contributed by atoms with Gasteiger partial charge >= 0.3 is 0 Å². The minimum Gasteiger partial charge on any atom is -0.367 e. The molecule has 0 saturated heterocycles. The lowest BCUT2D eigenvalue weighted by Gasteiger charge is -2.31. The highest BCUT2D eigenvalue weighted by atomic mass is 79.9. The molecular formula is C17H22BrN3. The molecule has 1 aromatic carbocycles. The standard InChI is InChI=1S/C17H22BrN3/c1-4-13-10-14(5-2)21-17(19-13)15(18)16(20-21)12-8-6-11(3)7-9-12/h6-9,13-14,19H,4-5,10H2,1-3H3. The number of hydrogen-bond donors (Lipinski definition) is 1. The van der Waals surface area contributed by atoms with E-state index in [1.54, 1.807) is 0 Å². The molecule has 2 aromatic rings. The third-order valence-corrected chi connectivity index (χ3v) is 5.14. The maximum atomic E-state index is 4.88. The van der Waals surface area contributed by atoms with Crippen LogP contribution in [0.2, 0.25) is 0 Å². The van der Waals surface area contributed by atoms with E-state index in [0.717, 1.165) is 35.2 Å². The molecule has 3 nitrogen and oxygen atoms in total. The molecule has 0 radical (unpaired) electrons. The van der Waals surface area contributed by atoms with Crippen LogP contribution in [0.15, 0.2) is 28.7 Å². The normalized spacial score (nSPS) is 21.0. The summed E-state index contributed by atoms with van der Waals surface area (Å²) in [6.07, 6.45) is 3.42. The van der Waals surface area contributed by atoms with Gasteiger partial charge in [-0.2, -0.15) is 5.10 Å². The van der Waals surface area contributed by atoms with Crippen LogP contribution in [0.3, 0.4) is 0 Å². The van der Waals surface area contributed by atoms with Gasteiger partial charge in [-0.15, -0.1) is 0 Å². The number of rotatable bonds is 3. The number of anilines is 1. The zero-order valence-corrected chi connectivity index (χ0v) is 14.4. The van der Waals surface area contributed by atoms with Crippen molar-refractivity contribution in [2.24, 2.45) is 0 Å². The summed E-state index contributed by atoms with van der Waals surface area (Å²) in [5.41, 5.74) is 3.47. The molecule has 2 atom stereocenters. The van der Waals surface area contributed by atoms with Gasteiger partial charge in [0, 0.05) is 11.6 Å². The Hall–Kier alpha value is -1.29.